The molecular formula is C86H126La2O10. The van der Waals surface area contributed by atoms with E-state index in [0.29, 0.717) is 11.5 Å². The van der Waals surface area contributed by atoms with E-state index >= 15 is 0 Å². The maximum absolute atomic E-state index is 12.3. The summed E-state index contributed by atoms with van der Waals surface area (Å²) >= 11 is 0. The third-order valence-electron chi connectivity index (χ3n) is 16.2. The fraction of sp³-hybridized carbons (Fsp3) is 0.558. The first-order chi connectivity index (χ1) is 42.6. The van der Waals surface area contributed by atoms with Crippen molar-refractivity contribution in [2.45, 2.75) is 314 Å². The quantitative estimate of drug-likeness (QED) is 0.119. The zero-order valence-electron chi connectivity index (χ0n) is 67.6. The number of hydrogen-bond acceptors (Lipinski definition) is 10. The van der Waals surface area contributed by atoms with Gasteiger partial charge in [-0.15, -0.1) is 23.0 Å². The van der Waals surface area contributed by atoms with Crippen LogP contribution in [0.3, 0.4) is 0 Å². The third kappa shape index (κ3) is 29.4. The zero-order chi connectivity index (χ0) is 75.7. The number of carbonyl (C=O) groups excluding carboxylic acids is 2. The van der Waals surface area contributed by atoms with Crippen molar-refractivity contribution in [2.24, 2.45) is 0 Å². The molecule has 0 aliphatic rings. The minimum Gasteiger partial charge on any atom is -0.872 e. The molecule has 0 atom stereocenters. The molecule has 0 aliphatic heterocycles. The number of rotatable bonds is 2. The summed E-state index contributed by atoms with van der Waals surface area (Å²) in [6.07, 6.45) is -3.03. The predicted octanol–water partition coefficient (Wildman–Crippen LogP) is 19.4. The molecule has 0 aliphatic carbocycles. The van der Waals surface area contributed by atoms with Crippen LogP contribution in [0.2, 0.25) is 0 Å². The molecule has 0 radical (unpaired) electrons. The summed E-state index contributed by atoms with van der Waals surface area (Å²) in [5.41, 5.74) is 9.47. The van der Waals surface area contributed by atoms with Gasteiger partial charge in [0, 0.05) is 0 Å². The Balaban J connectivity index is 0. The maximum atomic E-state index is 12.3. The van der Waals surface area contributed by atoms with E-state index in [4.69, 9.17) is 9.47 Å². The fourth-order valence-electron chi connectivity index (χ4n) is 10.7. The Morgan fingerprint density at radius 3 is 0.388 bits per heavy atom. The van der Waals surface area contributed by atoms with Crippen LogP contribution in [0.4, 0.5) is 9.59 Å². The van der Waals surface area contributed by atoms with Gasteiger partial charge in [-0.05, 0) is 87.2 Å². The van der Waals surface area contributed by atoms with Crippen LogP contribution in [0.1, 0.15) is 316 Å². The molecule has 0 unspecified atom stereocenters. The molecule has 0 amide bonds. The summed E-state index contributed by atoms with van der Waals surface area (Å²) in [4.78, 5) is 21.6. The second-order valence-corrected chi connectivity index (χ2v) is 37.8. The topological polar surface area (TPSA) is 191 Å². The van der Waals surface area contributed by atoms with Gasteiger partial charge in [0.05, 0.1) is 11.5 Å². The number of carboxylic acid groups (broad SMARTS) is 2. The minimum atomic E-state index is -1.52. The third-order valence-corrected chi connectivity index (χ3v) is 16.2. The van der Waals surface area contributed by atoms with Crippen LogP contribution in [0.5, 0.6) is 34.5 Å². The van der Waals surface area contributed by atoms with Gasteiger partial charge in [0.1, 0.15) is 0 Å². The first kappa shape index (κ1) is 95.5. The van der Waals surface area contributed by atoms with Crippen LogP contribution in [-0.4, -0.2) is 12.3 Å². The first-order valence-electron chi connectivity index (χ1n) is 33.9. The van der Waals surface area contributed by atoms with Crippen LogP contribution in [0, 0.1) is 71.2 Å². The molecule has 6 rings (SSSR count). The summed E-state index contributed by atoms with van der Waals surface area (Å²) in [7, 11) is 0. The minimum absolute atomic E-state index is 0. The summed E-state index contributed by atoms with van der Waals surface area (Å²) in [5.74, 6) is 1.65. The average Bonchev–Trinajstić information content (AvgIpc) is 0.828. The van der Waals surface area contributed by atoms with E-state index in [9.17, 15) is 40.2 Å². The molecule has 0 N–H and O–H groups in total. The number of benzene rings is 6. The Morgan fingerprint density at radius 2 is 0.306 bits per heavy atom. The first-order valence-corrected chi connectivity index (χ1v) is 33.9. The van der Waals surface area contributed by atoms with Gasteiger partial charge in [0.2, 0.25) is 0 Å². The van der Waals surface area contributed by atoms with Crippen molar-refractivity contribution in [3.05, 3.63) is 176 Å². The van der Waals surface area contributed by atoms with Crippen molar-refractivity contribution in [3.63, 3.8) is 0 Å². The molecule has 12 heteroatoms. The van der Waals surface area contributed by atoms with E-state index in [0.717, 1.165) is 66.8 Å². The van der Waals surface area contributed by atoms with Crippen molar-refractivity contribution in [3.8, 4) is 34.5 Å². The van der Waals surface area contributed by atoms with Crippen LogP contribution >= 0.6 is 0 Å². The van der Waals surface area contributed by atoms with Gasteiger partial charge in [0.25, 0.3) is 12.3 Å². The van der Waals surface area contributed by atoms with Crippen molar-refractivity contribution >= 4 is 12.3 Å². The number of hydrogen-bond donors (Lipinski definition) is 0. The van der Waals surface area contributed by atoms with Crippen molar-refractivity contribution in [1.82, 2.24) is 0 Å². The van der Waals surface area contributed by atoms with Gasteiger partial charge in [0.15, 0.2) is 0 Å². The molecule has 6 aromatic carbocycles. The van der Waals surface area contributed by atoms with E-state index in [-0.39, 0.29) is 159 Å². The van der Waals surface area contributed by atoms with Gasteiger partial charge in [-0.3, -0.25) is 0 Å². The van der Waals surface area contributed by atoms with Crippen LogP contribution in [-0.2, 0) is 65.0 Å². The van der Waals surface area contributed by atoms with E-state index in [1.165, 1.54) is 0 Å². The standard InChI is InChI=1S/2C15H22O3.4C14H22O.2La/c2*1-14(2,3)10-8-7-9-11(15(4,5)6)12(10)18-13(16)17;4*1-13(2,3)10-8-7-9-11(12(10)15)14(4,5)6;;/h2*7-9H,1-6H3,(H,16,17);4*7-9,15H,1-6H3;;/q;;;;;;2*+3/p-6. The summed E-state index contributed by atoms with van der Waals surface area (Å²) in [5, 5.41) is 70.6. The van der Waals surface area contributed by atoms with Gasteiger partial charge in [-0.25, -0.2) is 0 Å². The van der Waals surface area contributed by atoms with Gasteiger partial charge >= 0.3 is 71.2 Å². The second-order valence-electron chi connectivity index (χ2n) is 37.8. The Hall–Kier alpha value is -4.55. The van der Waals surface area contributed by atoms with Crippen LogP contribution < -0.4 is 40.1 Å². The molecule has 98 heavy (non-hydrogen) atoms. The SMILES string of the molecule is CC(C)(C)c1cccc(C(C)(C)C)c1OC(=O)[O-].CC(C)(C)c1cccc(C(C)(C)C)c1OC(=O)[O-].CC(C)(C)c1cccc(C(C)(C)C)c1[O-].CC(C)(C)c1cccc(C(C)(C)C)c1[O-].CC(C)(C)c1cccc(C(C)(C)C)c1[O-].CC(C)(C)c1cccc(C(C)(C)C)c1[O-].[La+3].[La+3]. The summed E-state index contributed by atoms with van der Waals surface area (Å²) in [6.45, 7) is 74.2. The van der Waals surface area contributed by atoms with E-state index in [1.807, 2.05) is 192 Å². The molecule has 0 saturated carbocycles. The van der Waals surface area contributed by atoms with Gasteiger partial charge < -0.3 is 49.7 Å². The molecule has 6 aromatic rings. The van der Waals surface area contributed by atoms with Gasteiger partial charge in [-0.2, -0.15) is 0 Å². The maximum Gasteiger partial charge on any atom is 3.00 e. The molecular weight excluding hydrogens is 1470 g/mol. The predicted molar refractivity (Wildman–Crippen MR) is 393 cm³/mol. The Morgan fingerprint density at radius 1 is 0.214 bits per heavy atom. The van der Waals surface area contributed by atoms with E-state index < -0.39 is 12.3 Å². The van der Waals surface area contributed by atoms with Crippen molar-refractivity contribution < 1.29 is 121 Å². The smallest absolute Gasteiger partial charge is 0.872 e. The molecule has 0 spiro atoms. The number of para-hydroxylation sites is 6. The molecule has 0 saturated heterocycles. The Bertz CT molecular complexity index is 2950. The van der Waals surface area contributed by atoms with Crippen molar-refractivity contribution in [1.29, 1.82) is 0 Å². The van der Waals surface area contributed by atoms with Crippen LogP contribution in [0.25, 0.3) is 0 Å². The molecule has 0 fully saturated rings. The normalized spacial score (nSPS) is 12.4. The largest absolute Gasteiger partial charge is 3.00 e. The average molecular weight is 1600 g/mol. The molecule has 0 aromatic heterocycles. The Labute approximate surface area is 652 Å². The van der Waals surface area contributed by atoms with E-state index in [1.54, 1.807) is 0 Å². The number of ether oxygens (including phenoxy) is 2. The zero-order valence-corrected chi connectivity index (χ0v) is 74.9. The molecule has 10 nitrogen and oxygen atoms in total. The number of carbonyl (C=O) groups is 2. The molecule has 536 valence electrons. The van der Waals surface area contributed by atoms with E-state index in [2.05, 4.69) is 166 Å². The Kier molecular flexibility index (Phi) is 34.7. The second kappa shape index (κ2) is 35.6. The molecule has 0 heterocycles. The van der Waals surface area contributed by atoms with Crippen LogP contribution in [0.15, 0.2) is 109 Å². The fourth-order valence-corrected chi connectivity index (χ4v) is 10.7. The summed E-state index contributed by atoms with van der Waals surface area (Å²) in [6, 6.07) is 34.9. The van der Waals surface area contributed by atoms with Crippen molar-refractivity contribution in [2.75, 3.05) is 0 Å². The van der Waals surface area contributed by atoms with Gasteiger partial charge in [-0.1, -0.05) is 403 Å². The monoisotopic (exact) mass is 1600 g/mol. The summed E-state index contributed by atoms with van der Waals surface area (Å²) < 4.78 is 9.87. The molecule has 0 bridgehead atoms.